The van der Waals surface area contributed by atoms with Crippen molar-refractivity contribution in [2.45, 2.75) is 12.2 Å². The molecule has 2 N–H and O–H groups in total. The molecule has 0 aliphatic rings. The number of alkyl halides is 3. The lowest BCUT2D eigenvalue weighted by molar-refractivity contribution is -0.137. The lowest BCUT2D eigenvalue weighted by Crippen LogP contribution is -2.18. The summed E-state index contributed by atoms with van der Waals surface area (Å²) in [5, 5.41) is 0.606. The highest BCUT2D eigenvalue weighted by Crippen LogP contribution is 2.30. The van der Waals surface area contributed by atoms with Crippen molar-refractivity contribution in [3.05, 3.63) is 64.7 Å². The SMILES string of the molecule is NC(COc1ccc(C(F)(F)F)cc1)c1ccc(Cl)cc1. The molecule has 2 rings (SSSR count). The van der Waals surface area contributed by atoms with Crippen LogP contribution in [0, 0.1) is 0 Å². The number of nitrogens with two attached hydrogens (primary N) is 1. The summed E-state index contributed by atoms with van der Waals surface area (Å²) >= 11 is 5.78. The Balaban J connectivity index is 1.95. The van der Waals surface area contributed by atoms with Crippen LogP contribution in [0.4, 0.5) is 13.2 Å². The molecular formula is C15H13ClF3NO. The van der Waals surface area contributed by atoms with Gasteiger partial charge in [-0.1, -0.05) is 23.7 Å². The van der Waals surface area contributed by atoms with Crippen LogP contribution < -0.4 is 10.5 Å². The van der Waals surface area contributed by atoms with Gasteiger partial charge in [-0.3, -0.25) is 0 Å². The zero-order valence-electron chi connectivity index (χ0n) is 10.9. The highest BCUT2D eigenvalue weighted by Gasteiger charge is 2.30. The van der Waals surface area contributed by atoms with Crippen LogP contribution in [-0.2, 0) is 6.18 Å². The van der Waals surface area contributed by atoms with E-state index in [9.17, 15) is 13.2 Å². The van der Waals surface area contributed by atoms with Crippen LogP contribution in [0.3, 0.4) is 0 Å². The quantitative estimate of drug-likeness (QED) is 0.905. The van der Waals surface area contributed by atoms with Gasteiger partial charge in [0, 0.05) is 5.02 Å². The summed E-state index contributed by atoms with van der Waals surface area (Å²) in [5.74, 6) is 0.340. The number of ether oxygens (including phenoxy) is 1. The van der Waals surface area contributed by atoms with Crippen LogP contribution in [0.2, 0.25) is 5.02 Å². The van der Waals surface area contributed by atoms with Crippen molar-refractivity contribution >= 4 is 11.6 Å². The van der Waals surface area contributed by atoms with Crippen molar-refractivity contribution in [1.29, 1.82) is 0 Å². The van der Waals surface area contributed by atoms with E-state index in [1.165, 1.54) is 12.1 Å². The predicted octanol–water partition coefficient (Wildman–Crippen LogP) is 4.44. The fourth-order valence-electron chi connectivity index (χ4n) is 1.73. The number of benzene rings is 2. The smallest absolute Gasteiger partial charge is 0.416 e. The van der Waals surface area contributed by atoms with Gasteiger partial charge in [0.15, 0.2) is 0 Å². The summed E-state index contributed by atoms with van der Waals surface area (Å²) in [6, 6.07) is 11.1. The first-order chi connectivity index (χ1) is 9.86. The van der Waals surface area contributed by atoms with Gasteiger partial charge in [-0.05, 0) is 42.0 Å². The van der Waals surface area contributed by atoms with Crippen LogP contribution >= 0.6 is 11.6 Å². The minimum atomic E-state index is -4.35. The van der Waals surface area contributed by atoms with E-state index in [-0.39, 0.29) is 12.6 Å². The number of hydrogen-bond acceptors (Lipinski definition) is 2. The first-order valence-corrected chi connectivity index (χ1v) is 6.55. The highest BCUT2D eigenvalue weighted by atomic mass is 35.5. The van der Waals surface area contributed by atoms with Gasteiger partial charge in [0.25, 0.3) is 0 Å². The van der Waals surface area contributed by atoms with Crippen molar-refractivity contribution in [3.8, 4) is 5.75 Å². The molecule has 2 nitrogen and oxygen atoms in total. The molecule has 0 saturated heterocycles. The van der Waals surface area contributed by atoms with Crippen molar-refractivity contribution in [2.24, 2.45) is 5.73 Å². The van der Waals surface area contributed by atoms with Gasteiger partial charge in [-0.15, -0.1) is 0 Å². The standard InChI is InChI=1S/C15H13ClF3NO/c16-12-5-1-10(2-6-12)14(20)9-21-13-7-3-11(4-8-13)15(17,18)19/h1-8,14H,9,20H2. The third-order valence-electron chi connectivity index (χ3n) is 2.91. The van der Waals surface area contributed by atoms with Crippen molar-refractivity contribution in [3.63, 3.8) is 0 Å². The molecule has 6 heteroatoms. The Labute approximate surface area is 125 Å². The molecule has 0 aliphatic carbocycles. The van der Waals surface area contributed by atoms with Gasteiger partial charge >= 0.3 is 6.18 Å². The van der Waals surface area contributed by atoms with Crippen LogP contribution in [-0.4, -0.2) is 6.61 Å². The van der Waals surface area contributed by atoms with E-state index in [1.54, 1.807) is 24.3 Å². The fourth-order valence-corrected chi connectivity index (χ4v) is 1.86. The van der Waals surface area contributed by atoms with Crippen LogP contribution in [0.25, 0.3) is 0 Å². The van der Waals surface area contributed by atoms with E-state index >= 15 is 0 Å². The minimum Gasteiger partial charge on any atom is -0.492 e. The number of halogens is 4. The Morgan fingerprint density at radius 1 is 1.00 bits per heavy atom. The molecule has 112 valence electrons. The molecule has 2 aromatic carbocycles. The first-order valence-electron chi connectivity index (χ1n) is 6.17. The van der Waals surface area contributed by atoms with Gasteiger partial charge in [0.2, 0.25) is 0 Å². The minimum absolute atomic E-state index is 0.160. The fraction of sp³-hybridized carbons (Fsp3) is 0.200. The van der Waals surface area contributed by atoms with Crippen LogP contribution in [0.15, 0.2) is 48.5 Å². The lowest BCUT2D eigenvalue weighted by Gasteiger charge is -2.14. The Morgan fingerprint density at radius 3 is 2.10 bits per heavy atom. The topological polar surface area (TPSA) is 35.2 Å². The summed E-state index contributed by atoms with van der Waals surface area (Å²) in [5.41, 5.74) is 6.07. The van der Waals surface area contributed by atoms with Crippen molar-refractivity contribution in [1.82, 2.24) is 0 Å². The largest absolute Gasteiger partial charge is 0.492 e. The van der Waals surface area contributed by atoms with E-state index < -0.39 is 11.7 Å². The normalized spacial score (nSPS) is 13.0. The molecule has 0 radical (unpaired) electrons. The zero-order chi connectivity index (χ0) is 15.5. The molecule has 2 aromatic rings. The second-order valence-electron chi connectivity index (χ2n) is 4.49. The van der Waals surface area contributed by atoms with E-state index in [1.807, 2.05) is 0 Å². The third kappa shape index (κ3) is 4.37. The summed E-state index contributed by atoms with van der Waals surface area (Å²) < 4.78 is 42.6. The van der Waals surface area contributed by atoms with Crippen LogP contribution in [0.1, 0.15) is 17.2 Å². The predicted molar refractivity (Wildman–Crippen MR) is 75.3 cm³/mol. The average Bonchev–Trinajstić information content (AvgIpc) is 2.45. The monoisotopic (exact) mass is 315 g/mol. The van der Waals surface area contributed by atoms with Gasteiger partial charge in [0.05, 0.1) is 11.6 Å². The molecule has 0 aliphatic heterocycles. The molecular weight excluding hydrogens is 303 g/mol. The summed E-state index contributed by atoms with van der Waals surface area (Å²) in [4.78, 5) is 0. The van der Waals surface area contributed by atoms with Crippen LogP contribution in [0.5, 0.6) is 5.75 Å². The Morgan fingerprint density at radius 2 is 1.57 bits per heavy atom. The maximum Gasteiger partial charge on any atom is 0.416 e. The molecule has 0 amide bonds. The number of hydrogen-bond donors (Lipinski definition) is 1. The molecule has 0 heterocycles. The molecule has 21 heavy (non-hydrogen) atoms. The van der Waals surface area contributed by atoms with E-state index in [0.717, 1.165) is 17.7 Å². The van der Waals surface area contributed by atoms with Gasteiger partial charge in [0.1, 0.15) is 12.4 Å². The summed E-state index contributed by atoms with van der Waals surface area (Å²) in [6.45, 7) is 0.160. The molecule has 1 atom stereocenters. The highest BCUT2D eigenvalue weighted by molar-refractivity contribution is 6.30. The van der Waals surface area contributed by atoms with Gasteiger partial charge in [-0.2, -0.15) is 13.2 Å². The zero-order valence-corrected chi connectivity index (χ0v) is 11.7. The van der Waals surface area contributed by atoms with Gasteiger partial charge < -0.3 is 10.5 Å². The first kappa shape index (κ1) is 15.7. The van der Waals surface area contributed by atoms with E-state index in [4.69, 9.17) is 22.1 Å². The average molecular weight is 316 g/mol. The molecule has 0 aromatic heterocycles. The second kappa shape index (κ2) is 6.37. The van der Waals surface area contributed by atoms with Crippen molar-refractivity contribution < 1.29 is 17.9 Å². The van der Waals surface area contributed by atoms with E-state index in [2.05, 4.69) is 0 Å². The third-order valence-corrected chi connectivity index (χ3v) is 3.16. The van der Waals surface area contributed by atoms with Gasteiger partial charge in [-0.25, -0.2) is 0 Å². The molecule has 0 saturated carbocycles. The second-order valence-corrected chi connectivity index (χ2v) is 4.93. The Hall–Kier alpha value is -1.72. The summed E-state index contributed by atoms with van der Waals surface area (Å²) in [7, 11) is 0. The van der Waals surface area contributed by atoms with E-state index in [0.29, 0.717) is 10.8 Å². The number of rotatable bonds is 4. The molecule has 0 bridgehead atoms. The maximum atomic E-state index is 12.4. The van der Waals surface area contributed by atoms with Crippen molar-refractivity contribution in [2.75, 3.05) is 6.61 Å². The molecule has 1 unspecified atom stereocenters. The molecule has 0 fully saturated rings. The molecule has 0 spiro atoms. The Kier molecular flexibility index (Phi) is 4.75. The lowest BCUT2D eigenvalue weighted by atomic mass is 10.1. The summed E-state index contributed by atoms with van der Waals surface area (Å²) in [6.07, 6.45) is -4.35. The maximum absolute atomic E-state index is 12.4. The Bertz CT molecular complexity index is 581.